The van der Waals surface area contributed by atoms with Crippen LogP contribution in [-0.4, -0.2) is 27.0 Å². The number of rotatable bonds is 8. The number of hydrogen-bond acceptors (Lipinski definition) is 5. The summed E-state index contributed by atoms with van der Waals surface area (Å²) in [6.07, 6.45) is 4.07. The third kappa shape index (κ3) is 4.62. The molecule has 0 fully saturated rings. The Hall–Kier alpha value is -3.58. The van der Waals surface area contributed by atoms with Gasteiger partial charge in [0.05, 0.1) is 22.9 Å². The van der Waals surface area contributed by atoms with E-state index in [-0.39, 0.29) is 11.5 Å². The summed E-state index contributed by atoms with van der Waals surface area (Å²) < 4.78 is 1.56. The van der Waals surface area contributed by atoms with Crippen LogP contribution in [-0.2, 0) is 11.3 Å². The fourth-order valence-corrected chi connectivity index (χ4v) is 4.21. The van der Waals surface area contributed by atoms with Crippen molar-refractivity contribution < 1.29 is 4.79 Å². The van der Waals surface area contributed by atoms with Crippen molar-refractivity contribution in [2.24, 2.45) is 0 Å². The molecule has 0 bridgehead atoms. The molecule has 2 aromatic carbocycles. The molecule has 0 spiro atoms. The molecular formula is C24H22N4O2S. The minimum absolute atomic E-state index is 0.0457. The average molecular weight is 431 g/mol. The molecule has 0 atom stereocenters. The monoisotopic (exact) mass is 430 g/mol. The zero-order valence-electron chi connectivity index (χ0n) is 17.0. The van der Waals surface area contributed by atoms with Gasteiger partial charge in [-0.05, 0) is 18.6 Å². The molecule has 0 aliphatic heterocycles. The van der Waals surface area contributed by atoms with E-state index >= 15 is 0 Å². The number of hydrogen-bond donors (Lipinski definition) is 0. The van der Waals surface area contributed by atoms with Gasteiger partial charge in [0.1, 0.15) is 0 Å². The van der Waals surface area contributed by atoms with Crippen LogP contribution in [0.25, 0.3) is 22.2 Å². The van der Waals surface area contributed by atoms with Crippen LogP contribution in [0.3, 0.4) is 0 Å². The maximum absolute atomic E-state index is 12.9. The number of benzene rings is 2. The second kappa shape index (κ2) is 9.49. The summed E-state index contributed by atoms with van der Waals surface area (Å²) in [4.78, 5) is 36.1. The highest BCUT2D eigenvalue weighted by molar-refractivity contribution is 7.14. The third-order valence-electron chi connectivity index (χ3n) is 4.93. The molecule has 1 amide bonds. The van der Waals surface area contributed by atoms with Crippen molar-refractivity contribution in [1.29, 1.82) is 0 Å². The van der Waals surface area contributed by atoms with Crippen molar-refractivity contribution in [3.8, 4) is 11.3 Å². The number of aromatic nitrogens is 3. The first-order valence-corrected chi connectivity index (χ1v) is 10.9. The summed E-state index contributed by atoms with van der Waals surface area (Å²) in [6, 6.07) is 17.1. The van der Waals surface area contributed by atoms with E-state index in [1.165, 1.54) is 11.3 Å². The van der Waals surface area contributed by atoms with Gasteiger partial charge in [-0.3, -0.25) is 19.1 Å². The summed E-state index contributed by atoms with van der Waals surface area (Å²) in [5.41, 5.74) is 2.44. The lowest BCUT2D eigenvalue weighted by atomic mass is 10.2. The van der Waals surface area contributed by atoms with Crippen LogP contribution in [0.15, 0.2) is 83.8 Å². The SMILES string of the molecule is C=CCN(C(=O)CCCn1cnc2ccccc2c1=O)c1nc(-c2ccccc2)cs1. The Morgan fingerprint density at radius 2 is 1.90 bits per heavy atom. The number of nitrogens with zero attached hydrogens (tertiary/aromatic N) is 4. The van der Waals surface area contributed by atoms with Gasteiger partial charge in [-0.1, -0.05) is 48.5 Å². The summed E-state index contributed by atoms with van der Waals surface area (Å²) in [5.74, 6) is -0.0457. The molecule has 0 aliphatic carbocycles. The predicted molar refractivity (Wildman–Crippen MR) is 125 cm³/mol. The van der Waals surface area contributed by atoms with E-state index in [0.29, 0.717) is 42.0 Å². The molecule has 7 heteroatoms. The average Bonchev–Trinajstić information content (AvgIpc) is 3.29. The maximum atomic E-state index is 12.9. The van der Waals surface area contributed by atoms with E-state index in [4.69, 9.17) is 0 Å². The molecular weight excluding hydrogens is 408 g/mol. The minimum atomic E-state index is -0.0894. The smallest absolute Gasteiger partial charge is 0.261 e. The molecule has 6 nitrogen and oxygen atoms in total. The van der Waals surface area contributed by atoms with Crippen LogP contribution in [0.4, 0.5) is 5.13 Å². The fourth-order valence-electron chi connectivity index (χ4n) is 3.35. The first-order chi connectivity index (χ1) is 15.2. The Labute approximate surface area is 184 Å². The molecule has 0 unspecified atom stereocenters. The van der Waals surface area contributed by atoms with Crippen molar-refractivity contribution in [3.63, 3.8) is 0 Å². The quantitative estimate of drug-likeness (QED) is 0.386. The van der Waals surface area contributed by atoms with Crippen LogP contribution in [0, 0.1) is 0 Å². The lowest BCUT2D eigenvalue weighted by Crippen LogP contribution is -2.31. The molecule has 31 heavy (non-hydrogen) atoms. The van der Waals surface area contributed by atoms with Gasteiger partial charge >= 0.3 is 0 Å². The molecule has 156 valence electrons. The number of aryl methyl sites for hydroxylation is 1. The highest BCUT2D eigenvalue weighted by atomic mass is 32.1. The van der Waals surface area contributed by atoms with Crippen molar-refractivity contribution >= 4 is 33.3 Å². The lowest BCUT2D eigenvalue weighted by molar-refractivity contribution is -0.118. The van der Waals surface area contributed by atoms with Gasteiger partial charge in [-0.25, -0.2) is 9.97 Å². The molecule has 4 aromatic rings. The van der Waals surface area contributed by atoms with Gasteiger partial charge < -0.3 is 0 Å². The van der Waals surface area contributed by atoms with Crippen molar-refractivity contribution in [2.75, 3.05) is 11.4 Å². The van der Waals surface area contributed by atoms with E-state index < -0.39 is 0 Å². The zero-order chi connectivity index (χ0) is 21.6. The lowest BCUT2D eigenvalue weighted by Gasteiger charge is -2.18. The molecule has 4 rings (SSSR count). The second-order valence-electron chi connectivity index (χ2n) is 7.04. The molecule has 2 heterocycles. The van der Waals surface area contributed by atoms with Crippen LogP contribution in [0.1, 0.15) is 12.8 Å². The molecule has 0 aliphatic rings. The number of amides is 1. The summed E-state index contributed by atoms with van der Waals surface area (Å²) >= 11 is 1.44. The molecule has 0 saturated carbocycles. The van der Waals surface area contributed by atoms with E-state index in [1.807, 2.05) is 53.9 Å². The van der Waals surface area contributed by atoms with Gasteiger partial charge in [0.15, 0.2) is 5.13 Å². The Morgan fingerprint density at radius 1 is 1.13 bits per heavy atom. The number of thiazole rings is 1. The Morgan fingerprint density at radius 3 is 2.71 bits per heavy atom. The minimum Gasteiger partial charge on any atom is -0.299 e. The normalized spacial score (nSPS) is 10.8. The van der Waals surface area contributed by atoms with E-state index in [2.05, 4.69) is 16.5 Å². The topological polar surface area (TPSA) is 68.1 Å². The highest BCUT2D eigenvalue weighted by Crippen LogP contribution is 2.28. The van der Waals surface area contributed by atoms with Gasteiger partial charge in [0.2, 0.25) is 5.91 Å². The number of carbonyl (C=O) groups is 1. The van der Waals surface area contributed by atoms with E-state index in [9.17, 15) is 9.59 Å². The molecule has 0 radical (unpaired) electrons. The van der Waals surface area contributed by atoms with E-state index in [1.54, 1.807) is 27.9 Å². The predicted octanol–water partition coefficient (Wildman–Crippen LogP) is 4.52. The van der Waals surface area contributed by atoms with Gasteiger partial charge in [0.25, 0.3) is 5.56 Å². The van der Waals surface area contributed by atoms with Gasteiger partial charge in [-0.15, -0.1) is 17.9 Å². The molecule has 0 saturated heterocycles. The number of anilines is 1. The third-order valence-corrected chi connectivity index (χ3v) is 5.79. The largest absolute Gasteiger partial charge is 0.299 e. The molecule has 2 aromatic heterocycles. The first-order valence-electron chi connectivity index (χ1n) is 10.0. The van der Waals surface area contributed by atoms with Crippen LogP contribution in [0.5, 0.6) is 0 Å². The Kier molecular flexibility index (Phi) is 6.33. The summed E-state index contributed by atoms with van der Waals surface area (Å²) in [5, 5.41) is 3.18. The van der Waals surface area contributed by atoms with Crippen molar-refractivity contribution in [3.05, 3.63) is 89.3 Å². The number of carbonyl (C=O) groups excluding carboxylic acids is 1. The van der Waals surface area contributed by atoms with Crippen LogP contribution in [0.2, 0.25) is 0 Å². The van der Waals surface area contributed by atoms with Gasteiger partial charge in [0, 0.05) is 30.5 Å². The first kappa shape index (κ1) is 20.7. The van der Waals surface area contributed by atoms with Crippen molar-refractivity contribution in [1.82, 2.24) is 14.5 Å². The van der Waals surface area contributed by atoms with E-state index in [0.717, 1.165) is 11.3 Å². The zero-order valence-corrected chi connectivity index (χ0v) is 17.8. The van der Waals surface area contributed by atoms with Crippen LogP contribution < -0.4 is 10.5 Å². The standard InChI is InChI=1S/C24H22N4O2S/c1-2-14-28(24-26-21(16-31-24)18-9-4-3-5-10-18)22(29)13-8-15-27-17-25-20-12-7-6-11-19(20)23(27)30/h2-7,9-12,16-17H,1,8,13-15H2. The number of fused-ring (bicyclic) bond motifs is 1. The Bertz CT molecular complexity index is 1260. The summed E-state index contributed by atoms with van der Waals surface area (Å²) in [6.45, 7) is 4.59. The maximum Gasteiger partial charge on any atom is 0.261 e. The van der Waals surface area contributed by atoms with Crippen LogP contribution >= 0.6 is 11.3 Å². The number of para-hydroxylation sites is 1. The second-order valence-corrected chi connectivity index (χ2v) is 7.87. The summed E-state index contributed by atoms with van der Waals surface area (Å²) in [7, 11) is 0. The van der Waals surface area contributed by atoms with Crippen molar-refractivity contribution in [2.45, 2.75) is 19.4 Å². The molecule has 0 N–H and O–H groups in total. The Balaban J connectivity index is 1.44. The highest BCUT2D eigenvalue weighted by Gasteiger charge is 2.18. The van der Waals surface area contributed by atoms with Gasteiger partial charge in [-0.2, -0.15) is 0 Å². The fraction of sp³-hybridized carbons (Fsp3) is 0.167.